The number of amides is 1. The fourth-order valence-electron chi connectivity index (χ4n) is 5.09. The number of nitrogens with zero attached hydrogens (tertiary/aromatic N) is 2. The molecule has 0 radical (unpaired) electrons. The molecule has 0 atom stereocenters. The molecule has 0 unspecified atom stereocenters. The van der Waals surface area contributed by atoms with Gasteiger partial charge in [0.25, 0.3) is 5.91 Å². The Morgan fingerprint density at radius 1 is 1.06 bits per heavy atom. The number of carbonyl (C=O) groups is 2. The number of para-hydroxylation sites is 1. The third kappa shape index (κ3) is 4.90. The van der Waals surface area contributed by atoms with Gasteiger partial charge in [-0.25, -0.2) is 4.39 Å². The lowest BCUT2D eigenvalue weighted by molar-refractivity contribution is -0.146. The summed E-state index contributed by atoms with van der Waals surface area (Å²) in [6, 6.07) is 16.5. The third-order valence-electron chi connectivity index (χ3n) is 6.99. The zero-order valence-corrected chi connectivity index (χ0v) is 19.7. The van der Waals surface area contributed by atoms with Crippen LogP contribution < -0.4 is 5.32 Å². The molecule has 6 nitrogen and oxygen atoms in total. The van der Waals surface area contributed by atoms with Crippen LogP contribution >= 0.6 is 0 Å². The fraction of sp³-hybridized carbons (Fsp3) is 0.321. The molecule has 180 valence electrons. The van der Waals surface area contributed by atoms with Crippen molar-refractivity contribution in [2.45, 2.75) is 32.2 Å². The van der Waals surface area contributed by atoms with Crippen molar-refractivity contribution >= 4 is 33.7 Å². The van der Waals surface area contributed by atoms with Gasteiger partial charge in [0.2, 0.25) is 0 Å². The van der Waals surface area contributed by atoms with Gasteiger partial charge in [0, 0.05) is 23.5 Å². The molecule has 35 heavy (non-hydrogen) atoms. The second-order valence-corrected chi connectivity index (χ2v) is 9.28. The van der Waals surface area contributed by atoms with Gasteiger partial charge >= 0.3 is 5.97 Å². The van der Waals surface area contributed by atoms with E-state index in [0.717, 1.165) is 42.3 Å². The Morgan fingerprint density at radius 3 is 2.66 bits per heavy atom. The van der Waals surface area contributed by atoms with E-state index in [-0.39, 0.29) is 23.7 Å². The summed E-state index contributed by atoms with van der Waals surface area (Å²) in [6.07, 6.45) is 5.09. The van der Waals surface area contributed by atoms with Gasteiger partial charge in [-0.3, -0.25) is 14.6 Å². The highest BCUT2D eigenvalue weighted by Crippen LogP contribution is 2.29. The van der Waals surface area contributed by atoms with Gasteiger partial charge in [-0.05, 0) is 61.9 Å². The molecule has 2 aromatic heterocycles. The Hall–Kier alpha value is -3.74. The largest absolute Gasteiger partial charge is 0.469 e. The van der Waals surface area contributed by atoms with E-state index in [0.29, 0.717) is 29.6 Å². The Morgan fingerprint density at radius 2 is 1.86 bits per heavy atom. The zero-order valence-electron chi connectivity index (χ0n) is 19.7. The van der Waals surface area contributed by atoms with Crippen LogP contribution in [-0.4, -0.2) is 35.1 Å². The second kappa shape index (κ2) is 9.86. The molecule has 7 heteroatoms. The number of methoxy groups -OCH3 is 1. The zero-order chi connectivity index (χ0) is 24.4. The lowest BCUT2D eigenvalue weighted by Gasteiger charge is -2.27. The van der Waals surface area contributed by atoms with E-state index < -0.39 is 5.82 Å². The summed E-state index contributed by atoms with van der Waals surface area (Å²) in [5.74, 6) is -0.658. The predicted molar refractivity (Wildman–Crippen MR) is 133 cm³/mol. The molecular formula is C28H28FN3O3. The molecule has 4 aromatic rings. The smallest absolute Gasteiger partial charge is 0.308 e. The van der Waals surface area contributed by atoms with Crippen molar-refractivity contribution in [1.82, 2.24) is 14.9 Å². The van der Waals surface area contributed by atoms with Gasteiger partial charge in [0.05, 0.1) is 41.9 Å². The van der Waals surface area contributed by atoms with Gasteiger partial charge < -0.3 is 14.6 Å². The topological polar surface area (TPSA) is 73.2 Å². The highest BCUT2D eigenvalue weighted by atomic mass is 19.1. The Balaban J connectivity index is 1.33. The van der Waals surface area contributed by atoms with Crippen LogP contribution in [0.4, 0.5) is 4.39 Å². The highest BCUT2D eigenvalue weighted by Gasteiger charge is 2.27. The van der Waals surface area contributed by atoms with Crippen molar-refractivity contribution in [3.63, 3.8) is 0 Å². The number of benzene rings is 2. The van der Waals surface area contributed by atoms with Crippen molar-refractivity contribution in [3.8, 4) is 0 Å². The lowest BCUT2D eigenvalue weighted by atomic mass is 9.82. The van der Waals surface area contributed by atoms with Gasteiger partial charge in [0.1, 0.15) is 5.82 Å². The summed E-state index contributed by atoms with van der Waals surface area (Å²) in [6.45, 7) is 0.968. The summed E-state index contributed by atoms with van der Waals surface area (Å²) in [7, 11) is 1.42. The van der Waals surface area contributed by atoms with Crippen LogP contribution in [0.15, 0.2) is 60.8 Å². The van der Waals surface area contributed by atoms with Crippen LogP contribution in [0.25, 0.3) is 21.8 Å². The number of halogens is 1. The first-order valence-corrected chi connectivity index (χ1v) is 12.0. The minimum Gasteiger partial charge on any atom is -0.469 e. The molecule has 2 heterocycles. The van der Waals surface area contributed by atoms with Gasteiger partial charge in [-0.1, -0.05) is 24.3 Å². The normalized spacial score (nSPS) is 18.0. The molecule has 1 aliphatic rings. The van der Waals surface area contributed by atoms with Gasteiger partial charge in [0.15, 0.2) is 0 Å². The van der Waals surface area contributed by atoms with E-state index in [1.54, 1.807) is 0 Å². The number of pyridine rings is 1. The summed E-state index contributed by atoms with van der Waals surface area (Å²) in [5, 5.41) is 4.74. The first-order chi connectivity index (χ1) is 17.0. The van der Waals surface area contributed by atoms with Crippen LogP contribution in [-0.2, 0) is 16.1 Å². The van der Waals surface area contributed by atoms with Crippen molar-refractivity contribution in [3.05, 3.63) is 77.9 Å². The van der Waals surface area contributed by atoms with Crippen molar-refractivity contribution < 1.29 is 18.7 Å². The first kappa shape index (κ1) is 23.0. The van der Waals surface area contributed by atoms with E-state index in [1.165, 1.54) is 19.2 Å². The standard InChI is InChI=1S/C28H28FN3O3/c1-35-28(34)20-8-6-18(7-9-20)16-30-27(33)24-15-22(29)14-21-12-13-32(26(21)24)17-23-11-10-19-4-2-3-5-25(19)31-23/h2-5,10-15,18,20H,6-9,16-17H2,1H3,(H,30,33)/t18-,20-. The van der Waals surface area contributed by atoms with Gasteiger partial charge in [-0.15, -0.1) is 0 Å². The molecule has 5 rings (SSSR count). The van der Waals surface area contributed by atoms with E-state index in [1.807, 2.05) is 53.2 Å². The monoisotopic (exact) mass is 473 g/mol. The van der Waals surface area contributed by atoms with Gasteiger partial charge in [-0.2, -0.15) is 0 Å². The lowest BCUT2D eigenvalue weighted by Crippen LogP contribution is -2.33. The minimum absolute atomic E-state index is 0.0539. The molecule has 1 amide bonds. The predicted octanol–water partition coefficient (Wildman–Crippen LogP) is 5.09. The molecule has 0 spiro atoms. The number of ether oxygens (including phenoxy) is 1. The van der Waals surface area contributed by atoms with Crippen molar-refractivity contribution in [2.24, 2.45) is 11.8 Å². The van der Waals surface area contributed by atoms with Crippen molar-refractivity contribution in [1.29, 1.82) is 0 Å². The Bertz CT molecular complexity index is 1390. The van der Waals surface area contributed by atoms with Crippen LogP contribution in [0.5, 0.6) is 0 Å². The molecular weight excluding hydrogens is 445 g/mol. The van der Waals surface area contributed by atoms with E-state index in [2.05, 4.69) is 5.32 Å². The molecule has 2 aromatic carbocycles. The maximum absolute atomic E-state index is 14.4. The number of fused-ring (bicyclic) bond motifs is 2. The molecule has 1 fully saturated rings. The van der Waals surface area contributed by atoms with Crippen LogP contribution in [0.2, 0.25) is 0 Å². The summed E-state index contributed by atoms with van der Waals surface area (Å²) >= 11 is 0. The SMILES string of the molecule is COC(=O)[C@H]1CC[C@H](CNC(=O)c2cc(F)cc3ccn(Cc4ccc5ccccc5n4)c23)CC1. The minimum atomic E-state index is -0.442. The number of nitrogens with one attached hydrogen (secondary N) is 1. The summed E-state index contributed by atoms with van der Waals surface area (Å²) in [4.78, 5) is 29.7. The summed E-state index contributed by atoms with van der Waals surface area (Å²) < 4.78 is 21.2. The average Bonchev–Trinajstić information content (AvgIpc) is 3.28. The number of rotatable bonds is 6. The number of hydrogen-bond donors (Lipinski definition) is 1. The van der Waals surface area contributed by atoms with Crippen molar-refractivity contribution in [2.75, 3.05) is 13.7 Å². The van der Waals surface area contributed by atoms with E-state index in [4.69, 9.17) is 9.72 Å². The quantitative estimate of drug-likeness (QED) is 0.396. The Labute approximate surface area is 203 Å². The third-order valence-corrected chi connectivity index (χ3v) is 6.99. The average molecular weight is 474 g/mol. The summed E-state index contributed by atoms with van der Waals surface area (Å²) in [5.41, 5.74) is 2.77. The second-order valence-electron chi connectivity index (χ2n) is 9.28. The number of aromatic nitrogens is 2. The number of carbonyl (C=O) groups excluding carboxylic acids is 2. The molecule has 0 aliphatic heterocycles. The number of esters is 1. The molecule has 1 aliphatic carbocycles. The first-order valence-electron chi connectivity index (χ1n) is 12.0. The molecule has 0 saturated heterocycles. The van der Waals surface area contributed by atoms with Crippen LogP contribution in [0, 0.1) is 17.7 Å². The molecule has 1 saturated carbocycles. The van der Waals surface area contributed by atoms with E-state index in [9.17, 15) is 14.0 Å². The Kier molecular flexibility index (Phi) is 6.49. The maximum atomic E-state index is 14.4. The molecule has 0 bridgehead atoms. The van der Waals surface area contributed by atoms with Crippen LogP contribution in [0.3, 0.4) is 0 Å². The molecule has 1 N–H and O–H groups in total. The fourth-order valence-corrected chi connectivity index (χ4v) is 5.09. The number of hydrogen-bond acceptors (Lipinski definition) is 4. The van der Waals surface area contributed by atoms with Crippen LogP contribution in [0.1, 0.15) is 41.7 Å². The highest BCUT2D eigenvalue weighted by molar-refractivity contribution is 6.06. The van der Waals surface area contributed by atoms with E-state index >= 15 is 0 Å². The maximum Gasteiger partial charge on any atom is 0.308 e.